The van der Waals surface area contributed by atoms with Crippen LogP contribution in [0.3, 0.4) is 0 Å². The van der Waals surface area contributed by atoms with E-state index in [-0.39, 0.29) is 55.4 Å². The molecule has 3 aliphatic carbocycles. The number of aliphatic carboxylic acids is 1. The number of carbonyl (C=O) groups excluding carboxylic acids is 2. The van der Waals surface area contributed by atoms with Gasteiger partial charge in [0.1, 0.15) is 17.9 Å². The number of benzene rings is 1. The fourth-order valence-corrected chi connectivity index (χ4v) is 8.65. The van der Waals surface area contributed by atoms with Gasteiger partial charge in [-0.05, 0) is 50.3 Å². The summed E-state index contributed by atoms with van der Waals surface area (Å²) in [5.41, 5.74) is 0.993. The highest BCUT2D eigenvalue weighted by Crippen LogP contribution is 2.70. The number of piperazine rings is 1. The zero-order chi connectivity index (χ0) is 31.7. The second-order valence-corrected chi connectivity index (χ2v) is 13.6. The fraction of sp³-hybridized carbons (Fsp3) is 0.516. The van der Waals surface area contributed by atoms with E-state index in [4.69, 9.17) is 9.73 Å². The van der Waals surface area contributed by atoms with Crippen LogP contribution in [0.5, 0.6) is 0 Å². The van der Waals surface area contributed by atoms with Gasteiger partial charge in [-0.2, -0.15) is 0 Å². The number of hydrogen-bond donors (Lipinski definition) is 3. The molecule has 1 unspecified atom stereocenters. The van der Waals surface area contributed by atoms with Crippen LogP contribution in [-0.4, -0.2) is 111 Å². The number of nitrogens with zero attached hydrogens (tertiary/aromatic N) is 5. The number of aliphatic hydroxyl groups excluding tert-OH is 1. The maximum Gasteiger partial charge on any atom is 0.338 e. The number of carboxylic acid groups (broad SMARTS) is 1. The highest BCUT2D eigenvalue weighted by molar-refractivity contribution is 7.11. The molecule has 1 aromatic heterocycles. The summed E-state index contributed by atoms with van der Waals surface area (Å²) in [6.07, 6.45) is 3.85. The van der Waals surface area contributed by atoms with Gasteiger partial charge < -0.3 is 30.1 Å². The summed E-state index contributed by atoms with van der Waals surface area (Å²) < 4.78 is 20.3. The first kappa shape index (κ1) is 29.8. The molecule has 238 valence electrons. The third-order valence-electron chi connectivity index (χ3n) is 10.1. The lowest BCUT2D eigenvalue weighted by atomic mass is 9.39. The molecule has 0 radical (unpaired) electrons. The number of carbonyl (C=O) groups is 3. The lowest BCUT2D eigenvalue weighted by molar-refractivity contribution is -0.218. The Balaban J connectivity index is 1.24. The number of urea groups is 1. The maximum absolute atomic E-state index is 14.8. The summed E-state index contributed by atoms with van der Waals surface area (Å²) in [4.78, 5) is 54.5. The van der Waals surface area contributed by atoms with E-state index in [1.54, 1.807) is 47.4 Å². The van der Waals surface area contributed by atoms with Crippen LogP contribution in [0, 0.1) is 18.2 Å². The molecule has 2 bridgehead atoms. The summed E-state index contributed by atoms with van der Waals surface area (Å²) in [6.45, 7) is 4.41. The van der Waals surface area contributed by atoms with E-state index < -0.39 is 35.9 Å². The van der Waals surface area contributed by atoms with Crippen LogP contribution in [0.25, 0.3) is 0 Å². The molecule has 2 aromatic rings. The third-order valence-corrected chi connectivity index (χ3v) is 10.9. The van der Waals surface area contributed by atoms with Crippen molar-refractivity contribution in [2.75, 3.05) is 39.4 Å². The molecule has 0 spiro atoms. The van der Waals surface area contributed by atoms with Gasteiger partial charge in [0, 0.05) is 61.0 Å². The van der Waals surface area contributed by atoms with Gasteiger partial charge in [-0.1, -0.05) is 12.1 Å². The Morgan fingerprint density at radius 2 is 2.02 bits per heavy atom. The molecule has 12 nitrogen and oxygen atoms in total. The topological polar surface area (TPSA) is 148 Å². The molecule has 3 N–H and O–H groups in total. The predicted octanol–water partition coefficient (Wildman–Crippen LogP) is 2.29. The van der Waals surface area contributed by atoms with Crippen molar-refractivity contribution in [3.8, 4) is 0 Å². The first-order chi connectivity index (χ1) is 21.6. The van der Waals surface area contributed by atoms with Crippen LogP contribution < -0.4 is 5.32 Å². The highest BCUT2D eigenvalue weighted by Gasteiger charge is 2.72. The average molecular weight is 639 g/mol. The Morgan fingerprint density at radius 3 is 2.69 bits per heavy atom. The first-order valence-electron chi connectivity index (χ1n) is 15.2. The maximum atomic E-state index is 14.8. The van der Waals surface area contributed by atoms with Gasteiger partial charge in [-0.15, -0.1) is 11.3 Å². The number of halogens is 1. The number of aliphatic hydroxyl groups is 1. The number of esters is 1. The quantitative estimate of drug-likeness (QED) is 0.352. The molecule has 2 saturated heterocycles. The smallest absolute Gasteiger partial charge is 0.338 e. The number of ether oxygens (including phenoxy) is 1. The zero-order valence-electron chi connectivity index (χ0n) is 25.0. The number of fused-ring (bicyclic) bond motifs is 1. The number of hydrogen-bond acceptors (Lipinski definition) is 10. The highest BCUT2D eigenvalue weighted by atomic mass is 32.1. The molecular formula is C31H35FN6O6S. The summed E-state index contributed by atoms with van der Waals surface area (Å²) >= 11 is 1.35. The summed E-state index contributed by atoms with van der Waals surface area (Å²) in [7, 11) is 0. The Kier molecular flexibility index (Phi) is 7.21. The van der Waals surface area contributed by atoms with Crippen LogP contribution in [0.2, 0.25) is 0 Å². The standard InChI is InChI=1S/C31H35FN6O6S/c1-3-44-28(42)22-20(34-25(26-33-7-10-45-26)35-23(22)18-5-4-6-19(32)17(18)2)11-36-8-9-37-21(24(36)27(40)41)12-38(29(37)43)31-13-30(14-31,15-31)16-39/h4-7,10,21,23-24,39H,3,8-9,11-16H2,1-2H3,(H,34,35)(H,40,41)/t21-,23?,24+,30?,31?/m1/s1. The minimum Gasteiger partial charge on any atom is -0.480 e. The van der Waals surface area contributed by atoms with Crippen molar-refractivity contribution in [2.45, 2.75) is 56.8 Å². The number of nitrogens with one attached hydrogen (secondary N) is 1. The largest absolute Gasteiger partial charge is 0.480 e. The molecule has 2 amide bonds. The van der Waals surface area contributed by atoms with E-state index in [1.807, 2.05) is 4.90 Å². The van der Waals surface area contributed by atoms with Crippen LogP contribution >= 0.6 is 11.3 Å². The van der Waals surface area contributed by atoms with Crippen LogP contribution in [0.15, 0.2) is 46.0 Å². The third kappa shape index (κ3) is 4.64. The second kappa shape index (κ2) is 10.9. The molecule has 14 heteroatoms. The van der Waals surface area contributed by atoms with Gasteiger partial charge in [-0.3, -0.25) is 14.7 Å². The van der Waals surface area contributed by atoms with Crippen molar-refractivity contribution in [3.63, 3.8) is 0 Å². The molecule has 1 aromatic carbocycles. The first-order valence-corrected chi connectivity index (χ1v) is 16.0. The minimum absolute atomic E-state index is 0.0255. The van der Waals surface area contributed by atoms with E-state index in [2.05, 4.69) is 10.3 Å². The molecule has 3 saturated carbocycles. The molecule has 3 atom stereocenters. The van der Waals surface area contributed by atoms with Crippen molar-refractivity contribution in [1.82, 2.24) is 25.0 Å². The SMILES string of the molecule is CCOC(=O)C1=C(CN2CCN3C(=O)N(C45CC(CO)(C4)C5)C[C@@H]3[C@H]2C(=O)O)NC(c2nccs2)=NC1c1cccc(F)c1C. The Morgan fingerprint density at radius 1 is 1.24 bits per heavy atom. The van der Waals surface area contributed by atoms with E-state index >= 15 is 0 Å². The van der Waals surface area contributed by atoms with Gasteiger partial charge in [0.2, 0.25) is 0 Å². The average Bonchev–Trinajstić information content (AvgIpc) is 3.62. The zero-order valence-corrected chi connectivity index (χ0v) is 25.8. The normalized spacial score (nSPS) is 30.7. The molecule has 6 aliphatic rings. The Hall–Kier alpha value is -3.88. The van der Waals surface area contributed by atoms with Gasteiger partial charge in [0.05, 0.1) is 18.2 Å². The summed E-state index contributed by atoms with van der Waals surface area (Å²) in [5, 5.41) is 25.9. The lowest BCUT2D eigenvalue weighted by Crippen LogP contribution is -2.76. The molecule has 4 heterocycles. The Bertz CT molecular complexity index is 1610. The van der Waals surface area contributed by atoms with Crippen molar-refractivity contribution >= 4 is 35.1 Å². The van der Waals surface area contributed by atoms with Crippen LogP contribution in [0.1, 0.15) is 48.4 Å². The molecule has 5 fully saturated rings. The summed E-state index contributed by atoms with van der Waals surface area (Å²) in [6, 6.07) is 1.92. The van der Waals surface area contributed by atoms with E-state index in [1.165, 1.54) is 17.4 Å². The van der Waals surface area contributed by atoms with E-state index in [0.717, 1.165) is 19.3 Å². The predicted molar refractivity (Wildman–Crippen MR) is 161 cm³/mol. The van der Waals surface area contributed by atoms with E-state index in [0.29, 0.717) is 34.2 Å². The van der Waals surface area contributed by atoms with E-state index in [9.17, 15) is 29.0 Å². The fourth-order valence-electron chi connectivity index (χ4n) is 8.07. The molecule has 8 rings (SSSR count). The number of aromatic nitrogens is 1. The van der Waals surface area contributed by atoms with Gasteiger partial charge >= 0.3 is 18.0 Å². The molecular weight excluding hydrogens is 603 g/mol. The van der Waals surface area contributed by atoms with Gasteiger partial charge in [0.15, 0.2) is 10.8 Å². The number of aliphatic imine (C=N–C) groups is 1. The van der Waals surface area contributed by atoms with Crippen molar-refractivity contribution in [1.29, 1.82) is 0 Å². The number of carboxylic acids is 1. The van der Waals surface area contributed by atoms with Crippen LogP contribution in [-0.2, 0) is 14.3 Å². The van der Waals surface area contributed by atoms with Crippen molar-refractivity contribution < 1.29 is 33.7 Å². The number of thiazole rings is 1. The number of rotatable bonds is 9. The lowest BCUT2D eigenvalue weighted by Gasteiger charge is -2.72. The van der Waals surface area contributed by atoms with Gasteiger partial charge in [-0.25, -0.2) is 19.0 Å². The summed E-state index contributed by atoms with van der Waals surface area (Å²) in [5.74, 6) is -1.75. The minimum atomic E-state index is -1.07. The van der Waals surface area contributed by atoms with Crippen molar-refractivity contribution in [3.05, 3.63) is 63.0 Å². The molecule has 3 aliphatic heterocycles. The molecule has 45 heavy (non-hydrogen) atoms. The second-order valence-electron chi connectivity index (χ2n) is 12.7. The number of amides is 2. The van der Waals surface area contributed by atoms with Crippen LogP contribution in [0.4, 0.5) is 9.18 Å². The Labute approximate surface area is 263 Å². The van der Waals surface area contributed by atoms with Crippen molar-refractivity contribution in [2.24, 2.45) is 10.4 Å². The van der Waals surface area contributed by atoms with Gasteiger partial charge in [0.25, 0.3) is 0 Å². The monoisotopic (exact) mass is 638 g/mol. The number of amidine groups is 1.